The van der Waals surface area contributed by atoms with Crippen LogP contribution in [0.4, 0.5) is 0 Å². The molecule has 0 saturated carbocycles. The van der Waals surface area contributed by atoms with Crippen LogP contribution in [0.15, 0.2) is 24.3 Å². The second-order valence-electron chi connectivity index (χ2n) is 3.29. The minimum atomic E-state index is -0.267. The van der Waals surface area contributed by atoms with Crippen LogP contribution < -0.4 is 10.1 Å². The van der Waals surface area contributed by atoms with Crippen LogP contribution in [0.25, 0.3) is 0 Å². The van der Waals surface area contributed by atoms with Crippen molar-refractivity contribution in [3.05, 3.63) is 29.8 Å². The van der Waals surface area contributed by atoms with Gasteiger partial charge in [-0.15, -0.1) is 0 Å². The highest BCUT2D eigenvalue weighted by molar-refractivity contribution is 5.28. The Labute approximate surface area is 89.5 Å². The summed E-state index contributed by atoms with van der Waals surface area (Å²) in [5.74, 6) is 0.804. The Bertz CT molecular complexity index is 287. The lowest BCUT2D eigenvalue weighted by atomic mass is 10.2. The lowest BCUT2D eigenvalue weighted by Gasteiger charge is -2.13. The highest BCUT2D eigenvalue weighted by Crippen LogP contribution is 2.12. The first kappa shape index (κ1) is 12.0. The van der Waals surface area contributed by atoms with Gasteiger partial charge in [-0.1, -0.05) is 12.1 Å². The largest absolute Gasteiger partial charge is 0.497 e. The van der Waals surface area contributed by atoms with Gasteiger partial charge < -0.3 is 20.3 Å². The lowest BCUT2D eigenvalue weighted by molar-refractivity contribution is 0.170. The molecule has 4 heteroatoms. The van der Waals surface area contributed by atoms with Crippen LogP contribution in [0.1, 0.15) is 5.56 Å². The Kier molecular flexibility index (Phi) is 5.10. The van der Waals surface area contributed by atoms with E-state index in [-0.39, 0.29) is 19.3 Å². The molecule has 84 valence electrons. The standard InChI is InChI=1S/C11H17NO3/c1-15-11-4-2-3-9(5-11)6-12-10(7-13)8-14/h2-5,10,12-14H,6-8H2,1H3. The van der Waals surface area contributed by atoms with Crippen molar-refractivity contribution in [3.63, 3.8) is 0 Å². The molecule has 15 heavy (non-hydrogen) atoms. The fourth-order valence-corrected chi connectivity index (χ4v) is 1.23. The molecule has 0 aromatic heterocycles. The molecule has 0 amide bonds. The van der Waals surface area contributed by atoms with Gasteiger partial charge in [-0.3, -0.25) is 0 Å². The van der Waals surface area contributed by atoms with Crippen LogP contribution in [0.5, 0.6) is 5.75 Å². The fourth-order valence-electron chi connectivity index (χ4n) is 1.23. The van der Waals surface area contributed by atoms with E-state index in [1.165, 1.54) is 0 Å². The zero-order chi connectivity index (χ0) is 11.1. The van der Waals surface area contributed by atoms with Gasteiger partial charge in [0.2, 0.25) is 0 Å². The molecule has 0 radical (unpaired) electrons. The SMILES string of the molecule is COc1cccc(CNC(CO)CO)c1. The summed E-state index contributed by atoms with van der Waals surface area (Å²) in [6.07, 6.45) is 0. The Hall–Kier alpha value is -1.10. The number of benzene rings is 1. The first-order chi connectivity index (χ1) is 7.30. The van der Waals surface area contributed by atoms with Crippen LogP contribution in [-0.4, -0.2) is 36.6 Å². The van der Waals surface area contributed by atoms with Gasteiger partial charge in [0, 0.05) is 6.54 Å². The van der Waals surface area contributed by atoms with Crippen LogP contribution in [-0.2, 0) is 6.54 Å². The third-order valence-electron chi connectivity index (χ3n) is 2.17. The van der Waals surface area contributed by atoms with Crippen LogP contribution in [0.2, 0.25) is 0 Å². The molecule has 0 spiro atoms. The number of nitrogens with one attached hydrogen (secondary N) is 1. The van der Waals surface area contributed by atoms with Gasteiger partial charge in [0.05, 0.1) is 26.4 Å². The smallest absolute Gasteiger partial charge is 0.119 e. The van der Waals surface area contributed by atoms with E-state index in [9.17, 15) is 0 Å². The van der Waals surface area contributed by atoms with E-state index in [0.717, 1.165) is 11.3 Å². The molecular weight excluding hydrogens is 194 g/mol. The molecule has 4 nitrogen and oxygen atoms in total. The molecule has 1 aromatic carbocycles. The zero-order valence-corrected chi connectivity index (χ0v) is 8.81. The van der Waals surface area contributed by atoms with Crippen molar-refractivity contribution in [2.45, 2.75) is 12.6 Å². The van der Waals surface area contributed by atoms with E-state index >= 15 is 0 Å². The number of hydrogen-bond acceptors (Lipinski definition) is 4. The van der Waals surface area contributed by atoms with Crippen molar-refractivity contribution >= 4 is 0 Å². The van der Waals surface area contributed by atoms with E-state index in [2.05, 4.69) is 5.32 Å². The van der Waals surface area contributed by atoms with Gasteiger partial charge in [0.25, 0.3) is 0 Å². The predicted octanol–water partition coefficient (Wildman–Crippen LogP) is 0.138. The summed E-state index contributed by atoms with van der Waals surface area (Å²) in [6, 6.07) is 7.39. The summed E-state index contributed by atoms with van der Waals surface area (Å²) < 4.78 is 5.09. The molecule has 0 atom stereocenters. The van der Waals surface area contributed by atoms with Gasteiger partial charge in [-0.2, -0.15) is 0 Å². The first-order valence-electron chi connectivity index (χ1n) is 4.88. The molecule has 0 aliphatic rings. The van der Waals surface area contributed by atoms with E-state index in [0.29, 0.717) is 6.54 Å². The van der Waals surface area contributed by atoms with E-state index in [4.69, 9.17) is 14.9 Å². The quantitative estimate of drug-likeness (QED) is 0.626. The number of rotatable bonds is 6. The predicted molar refractivity (Wildman–Crippen MR) is 57.8 cm³/mol. The number of aliphatic hydroxyl groups is 2. The number of aliphatic hydroxyl groups excluding tert-OH is 2. The van der Waals surface area contributed by atoms with Crippen molar-refractivity contribution in [1.29, 1.82) is 0 Å². The van der Waals surface area contributed by atoms with Gasteiger partial charge in [-0.05, 0) is 17.7 Å². The van der Waals surface area contributed by atoms with Gasteiger partial charge in [0.1, 0.15) is 5.75 Å². The Morgan fingerprint density at radius 3 is 2.67 bits per heavy atom. The molecule has 0 bridgehead atoms. The molecule has 0 aliphatic heterocycles. The average molecular weight is 211 g/mol. The highest BCUT2D eigenvalue weighted by atomic mass is 16.5. The van der Waals surface area contributed by atoms with Gasteiger partial charge in [-0.25, -0.2) is 0 Å². The number of methoxy groups -OCH3 is 1. The first-order valence-corrected chi connectivity index (χ1v) is 4.88. The Morgan fingerprint density at radius 2 is 2.07 bits per heavy atom. The molecule has 0 unspecified atom stereocenters. The second-order valence-corrected chi connectivity index (χ2v) is 3.29. The van der Waals surface area contributed by atoms with E-state index in [1.54, 1.807) is 7.11 Å². The van der Waals surface area contributed by atoms with Crippen LogP contribution in [0, 0.1) is 0 Å². The Morgan fingerprint density at radius 1 is 1.33 bits per heavy atom. The maximum atomic E-state index is 8.86. The highest BCUT2D eigenvalue weighted by Gasteiger charge is 2.04. The minimum absolute atomic E-state index is 0.0690. The van der Waals surface area contributed by atoms with Crippen molar-refractivity contribution in [2.24, 2.45) is 0 Å². The molecule has 0 heterocycles. The van der Waals surface area contributed by atoms with Crippen molar-refractivity contribution in [1.82, 2.24) is 5.32 Å². The monoisotopic (exact) mass is 211 g/mol. The van der Waals surface area contributed by atoms with Crippen LogP contribution in [0.3, 0.4) is 0 Å². The number of ether oxygens (including phenoxy) is 1. The minimum Gasteiger partial charge on any atom is -0.497 e. The summed E-state index contributed by atoms with van der Waals surface area (Å²) in [6.45, 7) is 0.462. The summed E-state index contributed by atoms with van der Waals surface area (Å²) >= 11 is 0. The molecule has 1 aromatic rings. The maximum Gasteiger partial charge on any atom is 0.119 e. The Balaban J connectivity index is 2.49. The fraction of sp³-hybridized carbons (Fsp3) is 0.455. The molecule has 0 aliphatic carbocycles. The summed E-state index contributed by atoms with van der Waals surface area (Å²) in [4.78, 5) is 0. The molecule has 0 fully saturated rings. The molecule has 1 rings (SSSR count). The van der Waals surface area contributed by atoms with E-state index < -0.39 is 0 Å². The zero-order valence-electron chi connectivity index (χ0n) is 8.81. The van der Waals surface area contributed by atoms with Gasteiger partial charge >= 0.3 is 0 Å². The van der Waals surface area contributed by atoms with Gasteiger partial charge in [0.15, 0.2) is 0 Å². The van der Waals surface area contributed by atoms with Crippen molar-refractivity contribution in [2.75, 3.05) is 20.3 Å². The normalized spacial score (nSPS) is 10.7. The third-order valence-corrected chi connectivity index (χ3v) is 2.17. The van der Waals surface area contributed by atoms with Crippen molar-refractivity contribution < 1.29 is 14.9 Å². The average Bonchev–Trinajstić information content (AvgIpc) is 2.31. The maximum absolute atomic E-state index is 8.86. The summed E-state index contributed by atoms with van der Waals surface area (Å²) in [7, 11) is 1.62. The van der Waals surface area contributed by atoms with Crippen molar-refractivity contribution in [3.8, 4) is 5.75 Å². The summed E-state index contributed by atoms with van der Waals surface area (Å²) in [5, 5.41) is 20.7. The topological polar surface area (TPSA) is 61.7 Å². The second kappa shape index (κ2) is 6.40. The number of hydrogen-bond donors (Lipinski definition) is 3. The molecule has 3 N–H and O–H groups in total. The molecular formula is C11H17NO3. The van der Waals surface area contributed by atoms with Crippen LogP contribution >= 0.6 is 0 Å². The van der Waals surface area contributed by atoms with E-state index in [1.807, 2.05) is 24.3 Å². The summed E-state index contributed by atoms with van der Waals surface area (Å²) in [5.41, 5.74) is 1.06. The lowest BCUT2D eigenvalue weighted by Crippen LogP contribution is -2.35. The molecule has 0 saturated heterocycles. The third kappa shape index (κ3) is 3.87.